The fourth-order valence-electron chi connectivity index (χ4n) is 2.43. The maximum absolute atomic E-state index is 12.3. The van der Waals surface area contributed by atoms with Gasteiger partial charge in [0, 0.05) is 30.6 Å². The van der Waals surface area contributed by atoms with Crippen LogP contribution in [-0.2, 0) is 9.53 Å². The molecule has 2 aliphatic rings. The highest BCUT2D eigenvalue weighted by Crippen LogP contribution is 2.25. The molecule has 1 amide bonds. The lowest BCUT2D eigenvalue weighted by Crippen LogP contribution is -2.46. The zero-order chi connectivity index (χ0) is 12.3. The van der Waals surface area contributed by atoms with Crippen LogP contribution in [0.25, 0.3) is 0 Å². The van der Waals surface area contributed by atoms with Gasteiger partial charge in [0.25, 0.3) is 5.91 Å². The molecule has 98 valence electrons. The summed E-state index contributed by atoms with van der Waals surface area (Å²) in [5.41, 5.74) is 5.56. The SMILES string of the molecule is CCC1CN(C(=O)C2CCC(CN)O2)CCS1. The van der Waals surface area contributed by atoms with Crippen LogP contribution in [0.2, 0.25) is 0 Å². The molecule has 2 fully saturated rings. The molecule has 4 nitrogen and oxygen atoms in total. The monoisotopic (exact) mass is 258 g/mol. The summed E-state index contributed by atoms with van der Waals surface area (Å²) in [6, 6.07) is 0. The Kier molecular flexibility index (Phi) is 4.70. The number of ether oxygens (including phenoxy) is 1. The van der Waals surface area contributed by atoms with Crippen LogP contribution in [0.5, 0.6) is 0 Å². The molecule has 0 saturated carbocycles. The van der Waals surface area contributed by atoms with E-state index in [1.807, 2.05) is 16.7 Å². The Bertz CT molecular complexity index is 275. The third-order valence-corrected chi connectivity index (χ3v) is 4.92. The molecule has 2 N–H and O–H groups in total. The molecule has 17 heavy (non-hydrogen) atoms. The van der Waals surface area contributed by atoms with E-state index in [0.29, 0.717) is 11.8 Å². The van der Waals surface area contributed by atoms with Gasteiger partial charge in [-0.05, 0) is 19.3 Å². The number of nitrogens with two attached hydrogens (primary N) is 1. The number of hydrogen-bond donors (Lipinski definition) is 1. The van der Waals surface area contributed by atoms with Crippen molar-refractivity contribution in [3.63, 3.8) is 0 Å². The summed E-state index contributed by atoms with van der Waals surface area (Å²) >= 11 is 1.98. The van der Waals surface area contributed by atoms with Gasteiger partial charge in [-0.15, -0.1) is 0 Å². The van der Waals surface area contributed by atoms with E-state index in [0.717, 1.165) is 38.1 Å². The first kappa shape index (κ1) is 13.2. The highest BCUT2D eigenvalue weighted by molar-refractivity contribution is 8.00. The first-order chi connectivity index (χ1) is 8.24. The van der Waals surface area contributed by atoms with Crippen molar-refractivity contribution >= 4 is 17.7 Å². The molecular weight excluding hydrogens is 236 g/mol. The van der Waals surface area contributed by atoms with E-state index in [9.17, 15) is 4.79 Å². The van der Waals surface area contributed by atoms with Crippen LogP contribution < -0.4 is 5.73 Å². The maximum atomic E-state index is 12.3. The van der Waals surface area contributed by atoms with Crippen LogP contribution in [-0.4, -0.2) is 53.7 Å². The molecule has 2 heterocycles. The van der Waals surface area contributed by atoms with Crippen molar-refractivity contribution in [3.8, 4) is 0 Å². The van der Waals surface area contributed by atoms with Gasteiger partial charge in [-0.3, -0.25) is 4.79 Å². The molecule has 5 heteroatoms. The van der Waals surface area contributed by atoms with Crippen LogP contribution >= 0.6 is 11.8 Å². The quantitative estimate of drug-likeness (QED) is 0.815. The van der Waals surface area contributed by atoms with E-state index in [4.69, 9.17) is 10.5 Å². The number of nitrogens with zero attached hydrogens (tertiary/aromatic N) is 1. The molecule has 2 saturated heterocycles. The van der Waals surface area contributed by atoms with E-state index in [-0.39, 0.29) is 18.1 Å². The van der Waals surface area contributed by atoms with Gasteiger partial charge >= 0.3 is 0 Å². The van der Waals surface area contributed by atoms with Crippen molar-refractivity contribution in [2.45, 2.75) is 43.6 Å². The molecule has 0 aromatic carbocycles. The van der Waals surface area contributed by atoms with Crippen molar-refractivity contribution in [2.75, 3.05) is 25.4 Å². The summed E-state index contributed by atoms with van der Waals surface area (Å²) < 4.78 is 5.67. The second kappa shape index (κ2) is 6.07. The number of rotatable bonds is 3. The Morgan fingerprint density at radius 2 is 2.35 bits per heavy atom. The maximum Gasteiger partial charge on any atom is 0.251 e. The Balaban J connectivity index is 1.87. The molecule has 0 aromatic rings. The van der Waals surface area contributed by atoms with Crippen LogP contribution in [0, 0.1) is 0 Å². The van der Waals surface area contributed by atoms with Crippen molar-refractivity contribution in [3.05, 3.63) is 0 Å². The van der Waals surface area contributed by atoms with Crippen molar-refractivity contribution in [1.29, 1.82) is 0 Å². The number of thioether (sulfide) groups is 1. The van der Waals surface area contributed by atoms with Gasteiger partial charge in [-0.2, -0.15) is 11.8 Å². The highest BCUT2D eigenvalue weighted by Gasteiger charge is 2.34. The fraction of sp³-hybridized carbons (Fsp3) is 0.917. The first-order valence-electron chi connectivity index (χ1n) is 6.50. The van der Waals surface area contributed by atoms with Crippen molar-refractivity contribution in [2.24, 2.45) is 5.73 Å². The largest absolute Gasteiger partial charge is 0.364 e. The summed E-state index contributed by atoms with van der Waals surface area (Å²) in [7, 11) is 0. The zero-order valence-electron chi connectivity index (χ0n) is 10.4. The van der Waals surface area contributed by atoms with Gasteiger partial charge in [-0.25, -0.2) is 0 Å². The summed E-state index contributed by atoms with van der Waals surface area (Å²) in [5, 5.41) is 0.597. The molecule has 0 bridgehead atoms. The predicted molar refractivity (Wildman–Crippen MR) is 70.1 cm³/mol. The Morgan fingerprint density at radius 1 is 1.53 bits per heavy atom. The highest BCUT2D eigenvalue weighted by atomic mass is 32.2. The van der Waals surface area contributed by atoms with E-state index >= 15 is 0 Å². The summed E-state index contributed by atoms with van der Waals surface area (Å²) in [6.45, 7) is 4.46. The lowest BCUT2D eigenvalue weighted by atomic mass is 10.1. The second-order valence-electron chi connectivity index (χ2n) is 4.75. The standard InChI is InChI=1S/C12H22N2O2S/c1-2-10-8-14(5-6-17-10)12(15)11-4-3-9(7-13)16-11/h9-11H,2-8,13H2,1H3. The Morgan fingerprint density at radius 3 is 3.00 bits per heavy atom. The molecule has 0 radical (unpaired) electrons. The van der Waals surface area contributed by atoms with Crippen LogP contribution in [0.3, 0.4) is 0 Å². The van der Waals surface area contributed by atoms with Gasteiger partial charge in [0.15, 0.2) is 0 Å². The second-order valence-corrected chi connectivity index (χ2v) is 6.15. The van der Waals surface area contributed by atoms with Gasteiger partial charge in [0.2, 0.25) is 0 Å². The molecule has 3 atom stereocenters. The first-order valence-corrected chi connectivity index (χ1v) is 7.55. The minimum atomic E-state index is -0.232. The van der Waals surface area contributed by atoms with Crippen LogP contribution in [0.1, 0.15) is 26.2 Å². The Hall–Kier alpha value is -0.260. The molecule has 0 spiro atoms. The van der Waals surface area contributed by atoms with Gasteiger partial charge < -0.3 is 15.4 Å². The van der Waals surface area contributed by atoms with E-state index < -0.39 is 0 Å². The minimum Gasteiger partial charge on any atom is -0.364 e. The molecule has 2 aliphatic heterocycles. The Labute approximate surface area is 107 Å². The minimum absolute atomic E-state index is 0.0880. The van der Waals surface area contributed by atoms with Crippen molar-refractivity contribution < 1.29 is 9.53 Å². The fourth-order valence-corrected chi connectivity index (χ4v) is 3.61. The summed E-state index contributed by atoms with van der Waals surface area (Å²) in [6.07, 6.45) is 2.74. The van der Waals surface area contributed by atoms with Gasteiger partial charge in [0.1, 0.15) is 6.10 Å². The van der Waals surface area contributed by atoms with Gasteiger partial charge in [0.05, 0.1) is 6.10 Å². The molecular formula is C12H22N2O2S. The van der Waals surface area contributed by atoms with Crippen molar-refractivity contribution in [1.82, 2.24) is 4.90 Å². The number of carbonyl (C=O) groups excluding carboxylic acids is 1. The predicted octanol–water partition coefficient (Wildman–Crippen LogP) is 0.847. The number of hydrogen-bond acceptors (Lipinski definition) is 4. The van der Waals surface area contributed by atoms with E-state index in [2.05, 4.69) is 6.92 Å². The molecule has 3 unspecified atom stereocenters. The average Bonchev–Trinajstić information content (AvgIpc) is 2.86. The normalized spacial score (nSPS) is 34.0. The zero-order valence-corrected chi connectivity index (χ0v) is 11.2. The number of amides is 1. The van der Waals surface area contributed by atoms with E-state index in [1.165, 1.54) is 0 Å². The topological polar surface area (TPSA) is 55.6 Å². The average molecular weight is 258 g/mol. The van der Waals surface area contributed by atoms with Gasteiger partial charge in [-0.1, -0.05) is 6.92 Å². The third kappa shape index (κ3) is 3.14. The molecule has 0 aliphatic carbocycles. The summed E-state index contributed by atoms with van der Waals surface area (Å²) in [4.78, 5) is 14.3. The molecule has 0 aromatic heterocycles. The molecule has 2 rings (SSSR count). The lowest BCUT2D eigenvalue weighted by molar-refractivity contribution is -0.142. The third-order valence-electron chi connectivity index (χ3n) is 3.55. The smallest absolute Gasteiger partial charge is 0.251 e. The van der Waals surface area contributed by atoms with E-state index in [1.54, 1.807) is 0 Å². The lowest BCUT2D eigenvalue weighted by Gasteiger charge is -2.33. The van der Waals surface area contributed by atoms with Crippen LogP contribution in [0.4, 0.5) is 0 Å². The summed E-state index contributed by atoms with van der Waals surface area (Å²) in [5.74, 6) is 1.23. The van der Waals surface area contributed by atoms with Crippen LogP contribution in [0.15, 0.2) is 0 Å². The number of carbonyl (C=O) groups is 1.